The molecule has 128 valence electrons. The molecule has 0 radical (unpaired) electrons. The Hall–Kier alpha value is -3.15. The lowest BCUT2D eigenvalue weighted by Gasteiger charge is -2.08. The molecule has 0 saturated carbocycles. The molecule has 0 aliphatic heterocycles. The fraction of sp³-hybridized carbons (Fsp3) is 0.211. The number of amides is 1. The summed E-state index contributed by atoms with van der Waals surface area (Å²) < 4.78 is 6.50. The second-order valence-electron chi connectivity index (χ2n) is 5.75. The van der Waals surface area contributed by atoms with Gasteiger partial charge in [0.2, 0.25) is 5.91 Å². The van der Waals surface area contributed by atoms with Gasteiger partial charge in [0.1, 0.15) is 0 Å². The van der Waals surface area contributed by atoms with E-state index >= 15 is 0 Å². The largest absolute Gasteiger partial charge is 0.465 e. The Balaban J connectivity index is 1.62. The molecule has 3 rings (SSSR count). The van der Waals surface area contributed by atoms with Gasteiger partial charge in [-0.15, -0.1) is 0 Å². The first-order chi connectivity index (χ1) is 12.1. The van der Waals surface area contributed by atoms with Crippen LogP contribution in [-0.4, -0.2) is 28.8 Å². The first kappa shape index (κ1) is 16.7. The number of carbonyl (C=O) groups excluding carboxylic acids is 2. The number of anilines is 1. The SMILES string of the molecule is COC(=O)c1ccc(NC(=O)CCn2ncc3cccc(C)c32)cc1. The highest BCUT2D eigenvalue weighted by atomic mass is 16.5. The Bertz CT molecular complexity index is 913. The average molecular weight is 337 g/mol. The zero-order chi connectivity index (χ0) is 17.8. The molecular weight excluding hydrogens is 318 g/mol. The maximum absolute atomic E-state index is 12.2. The van der Waals surface area contributed by atoms with Crippen LogP contribution in [0, 0.1) is 6.92 Å². The van der Waals surface area contributed by atoms with Crippen LogP contribution >= 0.6 is 0 Å². The van der Waals surface area contributed by atoms with Gasteiger partial charge in [0.25, 0.3) is 0 Å². The maximum atomic E-state index is 12.2. The van der Waals surface area contributed by atoms with Crippen molar-refractivity contribution in [3.05, 3.63) is 59.8 Å². The molecule has 3 aromatic rings. The van der Waals surface area contributed by atoms with Gasteiger partial charge in [-0.3, -0.25) is 9.48 Å². The smallest absolute Gasteiger partial charge is 0.337 e. The van der Waals surface area contributed by atoms with E-state index < -0.39 is 5.97 Å². The molecule has 6 heteroatoms. The molecule has 1 heterocycles. The number of para-hydroxylation sites is 1. The minimum absolute atomic E-state index is 0.108. The van der Waals surface area contributed by atoms with Crippen molar-refractivity contribution in [1.82, 2.24) is 9.78 Å². The summed E-state index contributed by atoms with van der Waals surface area (Å²) in [6, 6.07) is 12.6. The van der Waals surface area contributed by atoms with Gasteiger partial charge >= 0.3 is 5.97 Å². The maximum Gasteiger partial charge on any atom is 0.337 e. The Morgan fingerprint density at radius 3 is 2.64 bits per heavy atom. The van der Waals surface area contributed by atoms with Crippen molar-refractivity contribution in [2.45, 2.75) is 19.9 Å². The van der Waals surface area contributed by atoms with Crippen LogP contribution in [0.1, 0.15) is 22.3 Å². The van der Waals surface area contributed by atoms with Crippen LogP contribution in [0.2, 0.25) is 0 Å². The van der Waals surface area contributed by atoms with Crippen molar-refractivity contribution in [2.75, 3.05) is 12.4 Å². The number of benzene rings is 2. The van der Waals surface area contributed by atoms with Crippen LogP contribution in [0.25, 0.3) is 10.9 Å². The van der Waals surface area contributed by atoms with E-state index in [0.29, 0.717) is 24.2 Å². The first-order valence-corrected chi connectivity index (χ1v) is 7.98. The third-order valence-electron chi connectivity index (χ3n) is 4.00. The molecule has 1 aromatic heterocycles. The summed E-state index contributed by atoms with van der Waals surface area (Å²) in [6.45, 7) is 2.53. The number of fused-ring (bicyclic) bond motifs is 1. The third kappa shape index (κ3) is 3.68. The number of nitrogens with zero attached hydrogens (tertiary/aromatic N) is 2. The number of hydrogen-bond donors (Lipinski definition) is 1. The number of ether oxygens (including phenoxy) is 1. The van der Waals surface area contributed by atoms with E-state index in [1.807, 2.05) is 36.0 Å². The topological polar surface area (TPSA) is 73.2 Å². The van der Waals surface area contributed by atoms with Crippen LogP contribution < -0.4 is 5.32 Å². The van der Waals surface area contributed by atoms with Crippen molar-refractivity contribution in [1.29, 1.82) is 0 Å². The van der Waals surface area contributed by atoms with Gasteiger partial charge in [-0.05, 0) is 36.8 Å². The number of rotatable bonds is 5. The minimum atomic E-state index is -0.404. The number of carbonyl (C=O) groups is 2. The monoisotopic (exact) mass is 337 g/mol. The van der Waals surface area contributed by atoms with Gasteiger partial charge in [0.05, 0.1) is 30.9 Å². The number of methoxy groups -OCH3 is 1. The Morgan fingerprint density at radius 1 is 1.16 bits per heavy atom. The Kier molecular flexibility index (Phi) is 4.79. The lowest BCUT2D eigenvalue weighted by atomic mass is 10.2. The molecule has 25 heavy (non-hydrogen) atoms. The molecule has 2 aromatic carbocycles. The first-order valence-electron chi connectivity index (χ1n) is 7.98. The van der Waals surface area contributed by atoms with Gasteiger partial charge in [0, 0.05) is 17.5 Å². The molecular formula is C19H19N3O3. The van der Waals surface area contributed by atoms with Crippen molar-refractivity contribution >= 4 is 28.5 Å². The minimum Gasteiger partial charge on any atom is -0.465 e. The second kappa shape index (κ2) is 7.17. The van der Waals surface area contributed by atoms with Crippen LogP contribution in [0.15, 0.2) is 48.7 Å². The van der Waals surface area contributed by atoms with Crippen molar-refractivity contribution in [2.24, 2.45) is 0 Å². The third-order valence-corrected chi connectivity index (χ3v) is 4.00. The van der Waals surface area contributed by atoms with E-state index in [0.717, 1.165) is 16.5 Å². The molecule has 0 fully saturated rings. The number of hydrogen-bond acceptors (Lipinski definition) is 4. The van der Waals surface area contributed by atoms with E-state index in [9.17, 15) is 9.59 Å². The molecule has 0 unspecified atom stereocenters. The fourth-order valence-electron chi connectivity index (χ4n) is 2.74. The summed E-state index contributed by atoms with van der Waals surface area (Å²) >= 11 is 0. The predicted molar refractivity (Wildman–Crippen MR) is 95.5 cm³/mol. The van der Waals surface area contributed by atoms with Gasteiger partial charge in [-0.25, -0.2) is 4.79 Å². The second-order valence-corrected chi connectivity index (χ2v) is 5.75. The molecule has 0 bridgehead atoms. The standard InChI is InChI=1S/C19H19N3O3/c1-13-4-3-5-15-12-20-22(18(13)15)11-10-17(23)21-16-8-6-14(7-9-16)19(24)25-2/h3-9,12H,10-11H2,1-2H3,(H,21,23). The van der Waals surface area contributed by atoms with Crippen LogP contribution in [0.4, 0.5) is 5.69 Å². The van der Waals surface area contributed by atoms with Gasteiger partial charge in [-0.1, -0.05) is 18.2 Å². The highest BCUT2D eigenvalue weighted by molar-refractivity contribution is 5.93. The lowest BCUT2D eigenvalue weighted by Crippen LogP contribution is -2.15. The van der Waals surface area contributed by atoms with Crippen molar-refractivity contribution in [3.63, 3.8) is 0 Å². The molecule has 0 aliphatic carbocycles. The number of aryl methyl sites for hydroxylation is 2. The fourth-order valence-corrected chi connectivity index (χ4v) is 2.74. The summed E-state index contributed by atoms with van der Waals surface area (Å²) in [5, 5.41) is 8.25. The van der Waals surface area contributed by atoms with E-state index in [1.54, 1.807) is 24.3 Å². The number of aromatic nitrogens is 2. The average Bonchev–Trinajstić information content (AvgIpc) is 3.04. The lowest BCUT2D eigenvalue weighted by molar-refractivity contribution is -0.116. The van der Waals surface area contributed by atoms with E-state index in [1.165, 1.54) is 7.11 Å². The zero-order valence-corrected chi connectivity index (χ0v) is 14.2. The Morgan fingerprint density at radius 2 is 1.92 bits per heavy atom. The van der Waals surface area contributed by atoms with E-state index in [4.69, 9.17) is 0 Å². The molecule has 0 aliphatic rings. The molecule has 1 N–H and O–H groups in total. The van der Waals surface area contributed by atoms with Crippen LogP contribution in [-0.2, 0) is 16.1 Å². The summed E-state index contributed by atoms with van der Waals surface area (Å²) in [4.78, 5) is 23.6. The predicted octanol–water partition coefficient (Wildman–Crippen LogP) is 3.16. The summed E-state index contributed by atoms with van der Waals surface area (Å²) in [5.41, 5.74) is 3.27. The van der Waals surface area contributed by atoms with E-state index in [2.05, 4.69) is 15.2 Å². The zero-order valence-electron chi connectivity index (χ0n) is 14.2. The van der Waals surface area contributed by atoms with Gasteiger partial charge < -0.3 is 10.1 Å². The van der Waals surface area contributed by atoms with E-state index in [-0.39, 0.29) is 5.91 Å². The molecule has 0 saturated heterocycles. The summed E-state index contributed by atoms with van der Waals surface area (Å²) in [7, 11) is 1.33. The highest BCUT2D eigenvalue weighted by Crippen LogP contribution is 2.18. The highest BCUT2D eigenvalue weighted by Gasteiger charge is 2.09. The number of esters is 1. The van der Waals surface area contributed by atoms with Crippen LogP contribution in [0.3, 0.4) is 0 Å². The molecule has 0 spiro atoms. The van der Waals surface area contributed by atoms with Crippen molar-refractivity contribution < 1.29 is 14.3 Å². The van der Waals surface area contributed by atoms with Gasteiger partial charge in [0.15, 0.2) is 0 Å². The summed E-state index contributed by atoms with van der Waals surface area (Å²) in [6.07, 6.45) is 2.12. The molecule has 6 nitrogen and oxygen atoms in total. The van der Waals surface area contributed by atoms with Crippen molar-refractivity contribution in [3.8, 4) is 0 Å². The molecule has 1 amide bonds. The summed E-state index contributed by atoms with van der Waals surface area (Å²) in [5.74, 6) is -0.512. The Labute approximate surface area is 145 Å². The number of nitrogens with one attached hydrogen (secondary N) is 1. The van der Waals surface area contributed by atoms with Gasteiger partial charge in [-0.2, -0.15) is 5.10 Å². The van der Waals surface area contributed by atoms with Crippen LogP contribution in [0.5, 0.6) is 0 Å². The quantitative estimate of drug-likeness (QED) is 0.726. The molecule has 0 atom stereocenters. The normalized spacial score (nSPS) is 10.6.